The van der Waals surface area contributed by atoms with E-state index in [0.29, 0.717) is 24.6 Å². The Morgan fingerprint density at radius 2 is 2.13 bits per heavy atom. The number of nitrogen functional groups attached to an aromatic ring is 1. The molecule has 0 radical (unpaired) electrons. The van der Waals surface area contributed by atoms with Gasteiger partial charge in [0.05, 0.1) is 6.10 Å². The average molecular weight is 211 g/mol. The van der Waals surface area contributed by atoms with Crippen LogP contribution in [-0.4, -0.2) is 27.7 Å². The van der Waals surface area contributed by atoms with Crippen molar-refractivity contribution in [2.45, 2.75) is 26.4 Å². The highest BCUT2D eigenvalue weighted by Gasteiger charge is 2.06. The highest BCUT2D eigenvalue weighted by molar-refractivity contribution is 5.55. The lowest BCUT2D eigenvalue weighted by Gasteiger charge is -2.13. The molecular weight excluding hydrogens is 194 g/mol. The lowest BCUT2D eigenvalue weighted by molar-refractivity contribution is 0.183. The van der Waals surface area contributed by atoms with Crippen LogP contribution in [0.2, 0.25) is 0 Å². The monoisotopic (exact) mass is 211 g/mol. The van der Waals surface area contributed by atoms with Gasteiger partial charge in [-0.1, -0.05) is 6.92 Å². The number of nitrogens with two attached hydrogens (primary N) is 1. The Balaban J connectivity index is 2.68. The van der Waals surface area contributed by atoms with E-state index in [1.54, 1.807) is 0 Å². The van der Waals surface area contributed by atoms with Crippen molar-refractivity contribution in [2.24, 2.45) is 5.84 Å². The third-order valence-electron chi connectivity index (χ3n) is 2.20. The number of rotatable bonds is 5. The van der Waals surface area contributed by atoms with Crippen LogP contribution in [-0.2, 0) is 0 Å². The van der Waals surface area contributed by atoms with Crippen molar-refractivity contribution in [3.05, 3.63) is 11.9 Å². The molecule has 0 aliphatic heterocycles. The second-order valence-electron chi connectivity index (χ2n) is 3.28. The Morgan fingerprint density at radius 3 is 2.73 bits per heavy atom. The Bertz CT molecular complexity index is 317. The molecule has 0 aliphatic carbocycles. The molecule has 0 amide bonds. The van der Waals surface area contributed by atoms with Gasteiger partial charge in [-0.3, -0.25) is 0 Å². The zero-order valence-electron chi connectivity index (χ0n) is 8.99. The fourth-order valence-electron chi connectivity index (χ4n) is 1.13. The molecule has 1 unspecified atom stereocenters. The van der Waals surface area contributed by atoms with Crippen molar-refractivity contribution in [1.29, 1.82) is 0 Å². The first kappa shape index (κ1) is 11.7. The van der Waals surface area contributed by atoms with Crippen LogP contribution in [0, 0.1) is 6.92 Å². The number of hydrogen-bond acceptors (Lipinski definition) is 6. The van der Waals surface area contributed by atoms with Crippen molar-refractivity contribution in [2.75, 3.05) is 17.3 Å². The van der Waals surface area contributed by atoms with Gasteiger partial charge in [0.15, 0.2) is 0 Å². The molecule has 15 heavy (non-hydrogen) atoms. The van der Waals surface area contributed by atoms with E-state index < -0.39 is 0 Å². The number of hydrogen-bond donors (Lipinski definition) is 4. The molecule has 1 atom stereocenters. The van der Waals surface area contributed by atoms with Crippen molar-refractivity contribution >= 4 is 11.6 Å². The van der Waals surface area contributed by atoms with Crippen LogP contribution < -0.4 is 16.6 Å². The van der Waals surface area contributed by atoms with Crippen LogP contribution in [0.4, 0.5) is 11.6 Å². The lowest BCUT2D eigenvalue weighted by atomic mass is 10.2. The third kappa shape index (κ3) is 3.03. The minimum Gasteiger partial charge on any atom is -0.391 e. The quantitative estimate of drug-likeness (QED) is 0.412. The van der Waals surface area contributed by atoms with Crippen LogP contribution in [0.25, 0.3) is 0 Å². The van der Waals surface area contributed by atoms with Crippen molar-refractivity contribution in [3.63, 3.8) is 0 Å². The summed E-state index contributed by atoms with van der Waals surface area (Å²) < 4.78 is 0. The molecular formula is C9H17N5O. The summed E-state index contributed by atoms with van der Waals surface area (Å²) in [6, 6.07) is 0. The number of aliphatic hydroxyl groups excluding tert-OH is 1. The zero-order valence-corrected chi connectivity index (χ0v) is 8.99. The van der Waals surface area contributed by atoms with E-state index >= 15 is 0 Å². The van der Waals surface area contributed by atoms with Crippen LogP contribution in [0.15, 0.2) is 6.33 Å². The van der Waals surface area contributed by atoms with E-state index in [0.717, 1.165) is 5.56 Å². The summed E-state index contributed by atoms with van der Waals surface area (Å²) in [5.74, 6) is 6.55. The van der Waals surface area contributed by atoms with Gasteiger partial charge in [-0.2, -0.15) is 0 Å². The largest absolute Gasteiger partial charge is 0.391 e. The van der Waals surface area contributed by atoms with E-state index in [1.807, 2.05) is 13.8 Å². The van der Waals surface area contributed by atoms with Gasteiger partial charge in [0.1, 0.15) is 18.0 Å². The fourth-order valence-corrected chi connectivity index (χ4v) is 1.13. The Kier molecular flexibility index (Phi) is 4.26. The molecule has 6 heteroatoms. The molecule has 5 N–H and O–H groups in total. The first-order valence-corrected chi connectivity index (χ1v) is 4.89. The second kappa shape index (κ2) is 5.47. The molecule has 1 aromatic rings. The summed E-state index contributed by atoms with van der Waals surface area (Å²) in [5.41, 5.74) is 3.32. The Morgan fingerprint density at radius 1 is 1.47 bits per heavy atom. The molecule has 0 saturated carbocycles. The first-order valence-electron chi connectivity index (χ1n) is 4.89. The SMILES string of the molecule is CCC(O)CNc1ncnc(NN)c1C. The average Bonchev–Trinajstić information content (AvgIpc) is 2.27. The Labute approximate surface area is 88.9 Å². The fraction of sp³-hybridized carbons (Fsp3) is 0.556. The summed E-state index contributed by atoms with van der Waals surface area (Å²) >= 11 is 0. The second-order valence-corrected chi connectivity index (χ2v) is 3.28. The van der Waals surface area contributed by atoms with Gasteiger partial charge in [0.2, 0.25) is 0 Å². The maximum absolute atomic E-state index is 9.39. The summed E-state index contributed by atoms with van der Waals surface area (Å²) in [6.45, 7) is 4.25. The molecule has 6 nitrogen and oxygen atoms in total. The Hall–Kier alpha value is -1.40. The molecule has 0 aromatic carbocycles. The van der Waals surface area contributed by atoms with Crippen LogP contribution >= 0.6 is 0 Å². The van der Waals surface area contributed by atoms with E-state index in [1.165, 1.54) is 6.33 Å². The molecule has 0 bridgehead atoms. The van der Waals surface area contributed by atoms with E-state index in [2.05, 4.69) is 20.7 Å². The van der Waals surface area contributed by atoms with Gasteiger partial charge in [0, 0.05) is 12.1 Å². The van der Waals surface area contributed by atoms with Crippen molar-refractivity contribution in [1.82, 2.24) is 9.97 Å². The lowest BCUT2D eigenvalue weighted by Crippen LogP contribution is -2.20. The molecule has 1 aromatic heterocycles. The molecule has 0 spiro atoms. The zero-order chi connectivity index (χ0) is 11.3. The number of anilines is 2. The smallest absolute Gasteiger partial charge is 0.148 e. The van der Waals surface area contributed by atoms with Gasteiger partial charge in [0.25, 0.3) is 0 Å². The molecule has 0 aliphatic rings. The highest BCUT2D eigenvalue weighted by Crippen LogP contribution is 2.16. The minimum atomic E-state index is -0.367. The first-order chi connectivity index (χ1) is 7.19. The normalized spacial score (nSPS) is 12.3. The number of aromatic nitrogens is 2. The van der Waals surface area contributed by atoms with Crippen LogP contribution in [0.1, 0.15) is 18.9 Å². The van der Waals surface area contributed by atoms with E-state index in [-0.39, 0.29) is 6.10 Å². The van der Waals surface area contributed by atoms with Crippen molar-refractivity contribution < 1.29 is 5.11 Å². The maximum Gasteiger partial charge on any atom is 0.148 e. The number of nitrogens with one attached hydrogen (secondary N) is 2. The standard InChI is InChI=1S/C9H17N5O/c1-3-7(15)4-11-8-6(2)9(14-10)13-5-12-8/h5,7,15H,3-4,10H2,1-2H3,(H2,11,12,13,14). The van der Waals surface area contributed by atoms with Crippen LogP contribution in [0.3, 0.4) is 0 Å². The molecule has 1 heterocycles. The van der Waals surface area contributed by atoms with Gasteiger partial charge in [-0.25, -0.2) is 15.8 Å². The topological polar surface area (TPSA) is 96.1 Å². The molecule has 84 valence electrons. The summed E-state index contributed by atoms with van der Waals surface area (Å²) in [4.78, 5) is 8.02. The maximum atomic E-state index is 9.39. The van der Waals surface area contributed by atoms with E-state index in [9.17, 15) is 5.11 Å². The van der Waals surface area contributed by atoms with Crippen molar-refractivity contribution in [3.8, 4) is 0 Å². The predicted molar refractivity (Wildman–Crippen MR) is 59.4 cm³/mol. The summed E-state index contributed by atoms with van der Waals surface area (Å²) in [6.07, 6.45) is 1.76. The highest BCUT2D eigenvalue weighted by atomic mass is 16.3. The predicted octanol–water partition coefficient (Wildman–Crippen LogP) is 0.253. The summed E-state index contributed by atoms with van der Waals surface area (Å²) in [7, 11) is 0. The van der Waals surface area contributed by atoms with Gasteiger partial charge >= 0.3 is 0 Å². The molecule has 0 saturated heterocycles. The molecule has 0 fully saturated rings. The molecule has 1 rings (SSSR count). The van der Waals surface area contributed by atoms with Gasteiger partial charge in [-0.05, 0) is 13.3 Å². The number of nitrogens with zero attached hydrogens (tertiary/aromatic N) is 2. The van der Waals surface area contributed by atoms with Gasteiger partial charge in [-0.15, -0.1) is 0 Å². The van der Waals surface area contributed by atoms with Gasteiger partial charge < -0.3 is 15.8 Å². The minimum absolute atomic E-state index is 0.367. The summed E-state index contributed by atoms with van der Waals surface area (Å²) in [5, 5.41) is 12.4. The number of hydrazine groups is 1. The third-order valence-corrected chi connectivity index (χ3v) is 2.20. The van der Waals surface area contributed by atoms with E-state index in [4.69, 9.17) is 5.84 Å². The number of aliphatic hydroxyl groups is 1. The van der Waals surface area contributed by atoms with Crippen LogP contribution in [0.5, 0.6) is 0 Å².